The Morgan fingerprint density at radius 2 is 1.74 bits per heavy atom. The van der Waals surface area contributed by atoms with E-state index in [-0.39, 0.29) is 23.5 Å². The van der Waals surface area contributed by atoms with E-state index >= 15 is 0 Å². The van der Waals surface area contributed by atoms with Gasteiger partial charge in [-0.25, -0.2) is 4.39 Å². The van der Waals surface area contributed by atoms with E-state index in [0.29, 0.717) is 56.4 Å². The van der Waals surface area contributed by atoms with Gasteiger partial charge >= 0.3 is 0 Å². The summed E-state index contributed by atoms with van der Waals surface area (Å²) in [6.07, 6.45) is 7.34. The minimum absolute atomic E-state index is 0.0412. The Labute approximate surface area is 207 Å². The Morgan fingerprint density at radius 1 is 1.03 bits per heavy atom. The third-order valence-corrected chi connectivity index (χ3v) is 7.26. The first-order chi connectivity index (χ1) is 17.0. The van der Waals surface area contributed by atoms with Gasteiger partial charge in [-0.05, 0) is 56.0 Å². The number of ether oxygens (including phenoxy) is 1. The van der Waals surface area contributed by atoms with Crippen LogP contribution in [0.15, 0.2) is 48.5 Å². The zero-order chi connectivity index (χ0) is 24.6. The maximum atomic E-state index is 14.9. The van der Waals surface area contributed by atoms with Crippen LogP contribution in [0.1, 0.15) is 51.4 Å². The number of hydrogen-bond acceptors (Lipinski definition) is 4. The number of anilines is 2. The summed E-state index contributed by atoms with van der Waals surface area (Å²) in [5.41, 5.74) is 1.06. The molecule has 1 aliphatic heterocycles. The number of nitrogens with one attached hydrogen (secondary N) is 1. The van der Waals surface area contributed by atoms with E-state index in [9.17, 15) is 14.0 Å². The number of nitrogens with zero attached hydrogens (tertiary/aromatic N) is 2. The number of amides is 2. The van der Waals surface area contributed by atoms with Gasteiger partial charge in [-0.3, -0.25) is 9.59 Å². The fraction of sp³-hybridized carbons (Fsp3) is 0.500. The highest BCUT2D eigenvalue weighted by Gasteiger charge is 2.28. The molecule has 0 bridgehead atoms. The number of likely N-dealkylation sites (tertiary alicyclic amines) is 1. The highest BCUT2D eigenvalue weighted by Crippen LogP contribution is 2.29. The number of carbonyl (C=O) groups is 2. The molecule has 2 fully saturated rings. The Morgan fingerprint density at radius 3 is 2.43 bits per heavy atom. The highest BCUT2D eigenvalue weighted by atomic mass is 19.1. The molecule has 0 radical (unpaired) electrons. The molecule has 0 aromatic heterocycles. The standard InChI is InChI=1S/C28H36FN3O3/c1-31(23-8-4-2-5-9-23)26-13-12-22(20-25(26)29)30-28(34)21-14-17-32(18-15-21)27(33)16-19-35-24-10-6-3-7-11-24/h3,6-7,10-13,20-21,23H,2,4-5,8-9,14-19H2,1H3,(H,30,34). The molecule has 1 N–H and O–H groups in total. The molecule has 2 aromatic rings. The van der Waals surface area contributed by atoms with Crippen LogP contribution in [0.3, 0.4) is 0 Å². The van der Waals surface area contributed by atoms with Crippen LogP contribution >= 0.6 is 0 Å². The van der Waals surface area contributed by atoms with Crippen LogP contribution in [-0.4, -0.2) is 49.5 Å². The smallest absolute Gasteiger partial charge is 0.227 e. The lowest BCUT2D eigenvalue weighted by molar-refractivity contribution is -0.135. The third-order valence-electron chi connectivity index (χ3n) is 7.26. The molecule has 0 unspecified atom stereocenters. The number of piperidine rings is 1. The van der Waals surface area contributed by atoms with Crippen LogP contribution in [0, 0.1) is 11.7 Å². The van der Waals surface area contributed by atoms with Gasteiger partial charge in [0.25, 0.3) is 0 Å². The summed E-state index contributed by atoms with van der Waals surface area (Å²) in [7, 11) is 1.95. The zero-order valence-corrected chi connectivity index (χ0v) is 20.5. The maximum Gasteiger partial charge on any atom is 0.227 e. The van der Waals surface area contributed by atoms with Gasteiger partial charge in [0.2, 0.25) is 11.8 Å². The number of hydrogen-bond donors (Lipinski definition) is 1. The summed E-state index contributed by atoms with van der Waals surface area (Å²) in [5, 5.41) is 2.87. The van der Waals surface area contributed by atoms with Crippen molar-refractivity contribution < 1.29 is 18.7 Å². The van der Waals surface area contributed by atoms with E-state index in [2.05, 4.69) is 5.32 Å². The van der Waals surface area contributed by atoms with E-state index < -0.39 is 0 Å². The molecule has 2 aliphatic rings. The van der Waals surface area contributed by atoms with Crippen LogP contribution in [-0.2, 0) is 9.59 Å². The molecular weight excluding hydrogens is 445 g/mol. The fourth-order valence-electron chi connectivity index (χ4n) is 5.10. The quantitative estimate of drug-likeness (QED) is 0.560. The normalized spacial score (nSPS) is 17.1. The molecule has 1 saturated heterocycles. The average Bonchev–Trinajstić information content (AvgIpc) is 2.89. The molecule has 1 aliphatic carbocycles. The molecule has 7 heteroatoms. The second-order valence-electron chi connectivity index (χ2n) is 9.62. The topological polar surface area (TPSA) is 61.9 Å². The lowest BCUT2D eigenvalue weighted by atomic mass is 9.94. The van der Waals surface area contributed by atoms with E-state index in [1.807, 2.05) is 42.3 Å². The minimum Gasteiger partial charge on any atom is -0.493 e. The summed E-state index contributed by atoms with van der Waals surface area (Å²) in [4.78, 5) is 29.1. The van der Waals surface area contributed by atoms with Crippen molar-refractivity contribution in [3.05, 3.63) is 54.3 Å². The van der Waals surface area contributed by atoms with Gasteiger partial charge in [0.15, 0.2) is 0 Å². The van der Waals surface area contributed by atoms with E-state index in [0.717, 1.165) is 18.6 Å². The van der Waals surface area contributed by atoms with Gasteiger partial charge in [-0.15, -0.1) is 0 Å². The fourth-order valence-corrected chi connectivity index (χ4v) is 5.10. The predicted molar refractivity (Wildman–Crippen MR) is 136 cm³/mol. The van der Waals surface area contributed by atoms with Crippen molar-refractivity contribution in [2.24, 2.45) is 5.92 Å². The molecule has 2 amide bonds. The largest absolute Gasteiger partial charge is 0.493 e. The van der Waals surface area contributed by atoms with Crippen molar-refractivity contribution >= 4 is 23.2 Å². The zero-order valence-electron chi connectivity index (χ0n) is 20.5. The number of rotatable bonds is 8. The van der Waals surface area contributed by atoms with Gasteiger partial charge in [0.1, 0.15) is 11.6 Å². The van der Waals surface area contributed by atoms with Crippen LogP contribution in [0.4, 0.5) is 15.8 Å². The van der Waals surface area contributed by atoms with Crippen molar-refractivity contribution in [1.82, 2.24) is 4.90 Å². The molecular formula is C28H36FN3O3. The van der Waals surface area contributed by atoms with Crippen LogP contribution in [0.25, 0.3) is 0 Å². The van der Waals surface area contributed by atoms with Crippen molar-refractivity contribution in [3.8, 4) is 5.75 Å². The molecule has 0 atom stereocenters. The Bertz CT molecular complexity index is 986. The first kappa shape index (κ1) is 25.0. The molecule has 1 heterocycles. The Balaban J connectivity index is 1.22. The molecule has 6 nitrogen and oxygen atoms in total. The summed E-state index contributed by atoms with van der Waals surface area (Å²) in [6.45, 7) is 1.42. The highest BCUT2D eigenvalue weighted by molar-refractivity contribution is 5.93. The minimum atomic E-state index is -0.311. The number of para-hydroxylation sites is 1. The SMILES string of the molecule is CN(c1ccc(NC(=O)C2CCN(C(=O)CCOc3ccccc3)CC2)cc1F)C1CCCCC1. The van der Waals surface area contributed by atoms with Gasteiger partial charge in [-0.1, -0.05) is 37.5 Å². The molecule has 2 aromatic carbocycles. The number of carbonyl (C=O) groups excluding carboxylic acids is 2. The second-order valence-corrected chi connectivity index (χ2v) is 9.62. The first-order valence-electron chi connectivity index (χ1n) is 12.8. The third kappa shape index (κ3) is 6.74. The summed E-state index contributed by atoms with van der Waals surface area (Å²) < 4.78 is 20.5. The van der Waals surface area contributed by atoms with Gasteiger partial charge in [0, 0.05) is 37.8 Å². The van der Waals surface area contributed by atoms with Crippen molar-refractivity contribution in [1.29, 1.82) is 0 Å². The monoisotopic (exact) mass is 481 g/mol. The van der Waals surface area contributed by atoms with Crippen LogP contribution in [0.2, 0.25) is 0 Å². The maximum absolute atomic E-state index is 14.9. The molecule has 188 valence electrons. The van der Waals surface area contributed by atoms with Crippen molar-refractivity contribution in [3.63, 3.8) is 0 Å². The molecule has 1 saturated carbocycles. The van der Waals surface area contributed by atoms with Crippen molar-refractivity contribution in [2.75, 3.05) is 37.0 Å². The van der Waals surface area contributed by atoms with Crippen LogP contribution in [0.5, 0.6) is 5.75 Å². The second kappa shape index (κ2) is 12.0. The number of halogens is 1. The summed E-state index contributed by atoms with van der Waals surface area (Å²) in [5.74, 6) is 0.180. The molecule has 35 heavy (non-hydrogen) atoms. The summed E-state index contributed by atoms with van der Waals surface area (Å²) in [6, 6.07) is 14.8. The van der Waals surface area contributed by atoms with Crippen molar-refractivity contribution in [2.45, 2.75) is 57.4 Å². The van der Waals surface area contributed by atoms with E-state index in [4.69, 9.17) is 4.74 Å². The lowest BCUT2D eigenvalue weighted by Crippen LogP contribution is -2.41. The first-order valence-corrected chi connectivity index (χ1v) is 12.8. The van der Waals surface area contributed by atoms with Gasteiger partial charge in [-0.2, -0.15) is 0 Å². The van der Waals surface area contributed by atoms with Gasteiger partial charge in [0.05, 0.1) is 18.7 Å². The Hall–Kier alpha value is -3.09. The van der Waals surface area contributed by atoms with Crippen LogP contribution < -0.4 is 15.0 Å². The van der Waals surface area contributed by atoms with E-state index in [1.165, 1.54) is 25.3 Å². The molecule has 0 spiro atoms. The summed E-state index contributed by atoms with van der Waals surface area (Å²) >= 11 is 0. The average molecular weight is 482 g/mol. The van der Waals surface area contributed by atoms with E-state index in [1.54, 1.807) is 17.0 Å². The lowest BCUT2D eigenvalue weighted by Gasteiger charge is -2.33. The Kier molecular flexibility index (Phi) is 8.61. The van der Waals surface area contributed by atoms with Gasteiger partial charge < -0.3 is 19.9 Å². The molecule has 4 rings (SSSR count). The predicted octanol–water partition coefficient (Wildman–Crippen LogP) is 5.24. The number of benzene rings is 2.